The van der Waals surface area contributed by atoms with E-state index in [1.165, 1.54) is 0 Å². The number of para-hydroxylation sites is 1. The lowest BCUT2D eigenvalue weighted by molar-refractivity contribution is -0.130. The zero-order valence-corrected chi connectivity index (χ0v) is 15.6. The second kappa shape index (κ2) is 8.42. The molecule has 0 radical (unpaired) electrons. The summed E-state index contributed by atoms with van der Waals surface area (Å²) in [5, 5.41) is 2.68. The van der Waals surface area contributed by atoms with Crippen molar-refractivity contribution in [2.45, 2.75) is 37.8 Å². The number of amides is 2. The molecule has 1 heterocycles. The summed E-state index contributed by atoms with van der Waals surface area (Å²) >= 11 is 1.60. The molecular weight excluding hydrogens is 324 g/mol. The molecule has 0 spiro atoms. The number of methoxy groups -OCH3 is 1. The van der Waals surface area contributed by atoms with E-state index in [1.54, 1.807) is 23.8 Å². The van der Waals surface area contributed by atoms with Crippen molar-refractivity contribution >= 4 is 23.6 Å². The van der Waals surface area contributed by atoms with Gasteiger partial charge in [-0.3, -0.25) is 9.59 Å². The summed E-state index contributed by atoms with van der Waals surface area (Å²) in [5.41, 5.74) is 0.977. The minimum Gasteiger partial charge on any atom is -0.496 e. The summed E-state index contributed by atoms with van der Waals surface area (Å²) in [7, 11) is 1.63. The standard InChI is InChI=1S/C18H26N2O3S/c1-12(2)11-19-16(21)9-10-20-17(22)13(3)24-18(20)14-7-5-6-8-15(14)23-4/h5-8,12-13,18H,9-11H2,1-4H3,(H,19,21)/t13-,18+/m1/s1. The van der Waals surface area contributed by atoms with Gasteiger partial charge in [-0.05, 0) is 18.9 Å². The van der Waals surface area contributed by atoms with Crippen molar-refractivity contribution in [2.24, 2.45) is 5.92 Å². The van der Waals surface area contributed by atoms with Gasteiger partial charge in [-0.2, -0.15) is 0 Å². The van der Waals surface area contributed by atoms with Gasteiger partial charge in [0, 0.05) is 25.1 Å². The number of hydrogen-bond acceptors (Lipinski definition) is 4. The summed E-state index contributed by atoms with van der Waals surface area (Å²) in [6.07, 6.45) is 0.317. The maximum absolute atomic E-state index is 12.5. The molecule has 0 unspecified atom stereocenters. The smallest absolute Gasteiger partial charge is 0.236 e. The summed E-state index contributed by atoms with van der Waals surface area (Å²) in [6.45, 7) is 7.10. The number of thioether (sulfide) groups is 1. The van der Waals surface area contributed by atoms with E-state index in [0.717, 1.165) is 11.3 Å². The molecule has 1 saturated heterocycles. The monoisotopic (exact) mass is 350 g/mol. The van der Waals surface area contributed by atoms with Crippen molar-refractivity contribution in [1.82, 2.24) is 10.2 Å². The van der Waals surface area contributed by atoms with Crippen LogP contribution in [0.15, 0.2) is 24.3 Å². The molecule has 5 nitrogen and oxygen atoms in total. The third kappa shape index (κ3) is 4.44. The van der Waals surface area contributed by atoms with Gasteiger partial charge < -0.3 is 15.0 Å². The Morgan fingerprint density at radius 2 is 2.08 bits per heavy atom. The van der Waals surface area contributed by atoms with Gasteiger partial charge in [-0.15, -0.1) is 11.8 Å². The van der Waals surface area contributed by atoms with E-state index in [9.17, 15) is 9.59 Å². The number of nitrogens with zero attached hydrogens (tertiary/aromatic N) is 1. The fourth-order valence-electron chi connectivity index (χ4n) is 2.64. The molecule has 1 aliphatic rings. The number of carbonyl (C=O) groups excluding carboxylic acids is 2. The lowest BCUT2D eigenvalue weighted by Crippen LogP contribution is -2.35. The molecule has 0 aliphatic carbocycles. The number of carbonyl (C=O) groups is 2. The van der Waals surface area contributed by atoms with Gasteiger partial charge >= 0.3 is 0 Å². The first kappa shape index (κ1) is 18.6. The van der Waals surface area contributed by atoms with Crippen molar-refractivity contribution in [3.8, 4) is 5.75 Å². The van der Waals surface area contributed by atoms with Crippen molar-refractivity contribution in [1.29, 1.82) is 0 Å². The highest BCUT2D eigenvalue weighted by Crippen LogP contribution is 2.45. The molecule has 1 aromatic rings. The Balaban J connectivity index is 2.08. The maximum atomic E-state index is 12.5. The van der Waals surface area contributed by atoms with Crippen LogP contribution in [0.3, 0.4) is 0 Å². The van der Waals surface area contributed by atoms with Crippen LogP contribution in [0.2, 0.25) is 0 Å². The van der Waals surface area contributed by atoms with Crippen LogP contribution in [0, 0.1) is 5.92 Å². The highest BCUT2D eigenvalue weighted by Gasteiger charge is 2.39. The fraction of sp³-hybridized carbons (Fsp3) is 0.556. The van der Waals surface area contributed by atoms with E-state index in [0.29, 0.717) is 25.4 Å². The van der Waals surface area contributed by atoms with E-state index in [2.05, 4.69) is 19.2 Å². The van der Waals surface area contributed by atoms with E-state index in [4.69, 9.17) is 4.74 Å². The lowest BCUT2D eigenvalue weighted by atomic mass is 10.1. The number of ether oxygens (including phenoxy) is 1. The third-order valence-corrected chi connectivity index (χ3v) is 5.32. The molecule has 0 bridgehead atoms. The molecule has 0 saturated carbocycles. The summed E-state index contributed by atoms with van der Waals surface area (Å²) in [4.78, 5) is 26.3. The zero-order valence-electron chi connectivity index (χ0n) is 14.7. The van der Waals surface area contributed by atoms with Crippen molar-refractivity contribution in [3.05, 3.63) is 29.8 Å². The minimum absolute atomic E-state index is 0.0140. The molecule has 1 N–H and O–H groups in total. The molecule has 132 valence electrons. The normalized spacial score (nSPS) is 20.5. The number of benzene rings is 1. The van der Waals surface area contributed by atoms with Gasteiger partial charge in [0.15, 0.2) is 0 Å². The van der Waals surface area contributed by atoms with E-state index in [1.807, 2.05) is 31.2 Å². The molecule has 1 fully saturated rings. The quantitative estimate of drug-likeness (QED) is 0.821. The van der Waals surface area contributed by atoms with Crippen LogP contribution < -0.4 is 10.1 Å². The van der Waals surface area contributed by atoms with Gasteiger partial charge in [0.25, 0.3) is 0 Å². The van der Waals surface area contributed by atoms with Gasteiger partial charge in [-0.25, -0.2) is 0 Å². The van der Waals surface area contributed by atoms with Crippen LogP contribution in [0.1, 0.15) is 38.1 Å². The molecule has 6 heteroatoms. The second-order valence-corrected chi connectivity index (χ2v) is 7.78. The Bertz CT molecular complexity index is 591. The number of hydrogen-bond donors (Lipinski definition) is 1. The molecule has 1 aliphatic heterocycles. The van der Waals surface area contributed by atoms with Crippen molar-refractivity contribution in [2.75, 3.05) is 20.2 Å². The zero-order chi connectivity index (χ0) is 17.7. The highest BCUT2D eigenvalue weighted by atomic mass is 32.2. The minimum atomic E-state index is -0.112. The third-order valence-electron chi connectivity index (χ3n) is 3.94. The molecular formula is C18H26N2O3S. The van der Waals surface area contributed by atoms with Crippen LogP contribution >= 0.6 is 11.8 Å². The summed E-state index contributed by atoms with van der Waals surface area (Å²) in [5.74, 6) is 1.25. The van der Waals surface area contributed by atoms with Crippen LogP contribution in [-0.4, -0.2) is 42.2 Å². The van der Waals surface area contributed by atoms with Gasteiger partial charge in [0.2, 0.25) is 11.8 Å². The Kier molecular flexibility index (Phi) is 6.54. The largest absolute Gasteiger partial charge is 0.496 e. The Labute approximate surface area is 148 Å². The van der Waals surface area contributed by atoms with E-state index < -0.39 is 0 Å². The first-order valence-electron chi connectivity index (χ1n) is 8.29. The lowest BCUT2D eigenvalue weighted by Gasteiger charge is -2.25. The Morgan fingerprint density at radius 1 is 1.38 bits per heavy atom. The second-order valence-electron chi connectivity index (χ2n) is 6.35. The molecule has 24 heavy (non-hydrogen) atoms. The van der Waals surface area contributed by atoms with Crippen LogP contribution in [-0.2, 0) is 9.59 Å². The maximum Gasteiger partial charge on any atom is 0.236 e. The number of nitrogens with one attached hydrogen (secondary N) is 1. The molecule has 2 amide bonds. The Hall–Kier alpha value is -1.69. The van der Waals surface area contributed by atoms with Crippen LogP contribution in [0.4, 0.5) is 0 Å². The van der Waals surface area contributed by atoms with Gasteiger partial charge in [0.1, 0.15) is 11.1 Å². The Morgan fingerprint density at radius 3 is 2.75 bits per heavy atom. The predicted molar refractivity (Wildman–Crippen MR) is 97.0 cm³/mol. The van der Waals surface area contributed by atoms with Crippen LogP contribution in [0.25, 0.3) is 0 Å². The van der Waals surface area contributed by atoms with Crippen molar-refractivity contribution in [3.63, 3.8) is 0 Å². The van der Waals surface area contributed by atoms with E-state index in [-0.39, 0.29) is 22.4 Å². The first-order valence-corrected chi connectivity index (χ1v) is 9.23. The molecule has 1 aromatic carbocycles. The number of rotatable bonds is 7. The summed E-state index contributed by atoms with van der Waals surface area (Å²) in [6, 6.07) is 7.74. The highest BCUT2D eigenvalue weighted by molar-refractivity contribution is 8.01. The molecule has 2 atom stereocenters. The SMILES string of the molecule is COc1ccccc1[C@@H]1S[C@H](C)C(=O)N1CCC(=O)NCC(C)C. The topological polar surface area (TPSA) is 58.6 Å². The average molecular weight is 350 g/mol. The predicted octanol–water partition coefficient (Wildman–Crippen LogP) is 2.82. The van der Waals surface area contributed by atoms with E-state index >= 15 is 0 Å². The summed E-state index contributed by atoms with van der Waals surface area (Å²) < 4.78 is 5.44. The van der Waals surface area contributed by atoms with Gasteiger partial charge in [0.05, 0.1) is 12.4 Å². The average Bonchev–Trinajstić information content (AvgIpc) is 2.85. The molecule has 0 aromatic heterocycles. The molecule has 2 rings (SSSR count). The fourth-order valence-corrected chi connectivity index (χ4v) is 3.98. The van der Waals surface area contributed by atoms with Gasteiger partial charge in [-0.1, -0.05) is 32.0 Å². The van der Waals surface area contributed by atoms with Crippen LogP contribution in [0.5, 0.6) is 5.75 Å². The van der Waals surface area contributed by atoms with Crippen molar-refractivity contribution < 1.29 is 14.3 Å². The first-order chi connectivity index (χ1) is 11.4.